The van der Waals surface area contributed by atoms with E-state index >= 15 is 0 Å². The van der Waals surface area contributed by atoms with Gasteiger partial charge in [0, 0.05) is 27.2 Å². The van der Waals surface area contributed by atoms with E-state index in [0.29, 0.717) is 15.7 Å². The molecule has 0 radical (unpaired) electrons. The van der Waals surface area contributed by atoms with Crippen LogP contribution in [-0.2, 0) is 10.8 Å². The summed E-state index contributed by atoms with van der Waals surface area (Å²) in [7, 11) is -0.834. The Morgan fingerprint density at radius 1 is 1.65 bits per heavy atom. The van der Waals surface area contributed by atoms with Gasteiger partial charge in [0.25, 0.3) is 0 Å². The van der Waals surface area contributed by atoms with E-state index in [-0.39, 0.29) is 0 Å². The van der Waals surface area contributed by atoms with Crippen LogP contribution in [0.5, 0.6) is 0 Å². The van der Waals surface area contributed by atoms with Crippen molar-refractivity contribution in [3.63, 3.8) is 0 Å². The molecule has 0 amide bonds. The number of hydrogen-bond donors (Lipinski definition) is 0. The predicted octanol–water partition coefficient (Wildman–Crippen LogP) is 3.31. The number of nitrogens with zero attached hydrogens (tertiary/aromatic N) is 2. The molecule has 1 atom stereocenters. The Bertz CT molecular complexity index is 446. The molecule has 1 aromatic rings. The quantitative estimate of drug-likeness (QED) is 0.750. The zero-order valence-corrected chi connectivity index (χ0v) is 12.7. The largest absolute Gasteiger partial charge is 0.259 e. The van der Waals surface area contributed by atoms with Crippen molar-refractivity contribution in [1.29, 1.82) is 5.26 Å². The number of unbranched alkanes of at least 4 members (excludes halogenated alkanes) is 1. The first-order chi connectivity index (χ1) is 8.17. The molecule has 92 valence electrons. The van der Waals surface area contributed by atoms with Crippen LogP contribution >= 0.6 is 27.7 Å². The molecule has 1 aromatic heterocycles. The molecule has 0 aliphatic carbocycles. The molecule has 0 spiro atoms. The zero-order chi connectivity index (χ0) is 12.7. The molecule has 0 N–H and O–H groups in total. The van der Waals surface area contributed by atoms with Crippen LogP contribution in [0.2, 0.25) is 0 Å². The summed E-state index contributed by atoms with van der Waals surface area (Å²) in [5.41, 5.74) is 0.525. The molecule has 3 nitrogen and oxygen atoms in total. The molecular weight excluding hydrogens is 320 g/mol. The predicted molar refractivity (Wildman–Crippen MR) is 75.3 cm³/mol. The topological polar surface area (TPSA) is 53.8 Å². The fourth-order valence-electron chi connectivity index (χ4n) is 1.11. The number of hydrogen-bond acceptors (Lipinski definition) is 4. The maximum Gasteiger partial charge on any atom is 0.115 e. The van der Waals surface area contributed by atoms with Crippen molar-refractivity contribution in [1.82, 2.24) is 4.98 Å². The highest BCUT2D eigenvalue weighted by atomic mass is 79.9. The van der Waals surface area contributed by atoms with Crippen LogP contribution in [-0.4, -0.2) is 20.0 Å². The Labute approximate surface area is 117 Å². The molecule has 0 aliphatic rings. The number of halogens is 1. The molecule has 0 aliphatic heterocycles. The van der Waals surface area contributed by atoms with Gasteiger partial charge in [-0.3, -0.25) is 4.21 Å². The van der Waals surface area contributed by atoms with Gasteiger partial charge >= 0.3 is 0 Å². The molecule has 0 aromatic carbocycles. The monoisotopic (exact) mass is 332 g/mol. The van der Waals surface area contributed by atoms with Gasteiger partial charge in [0.2, 0.25) is 0 Å². The van der Waals surface area contributed by atoms with Crippen molar-refractivity contribution >= 4 is 38.5 Å². The molecular formula is C11H13BrN2OS2. The second-order valence-electron chi connectivity index (χ2n) is 3.38. The van der Waals surface area contributed by atoms with Crippen molar-refractivity contribution in [3.05, 3.63) is 22.3 Å². The Balaban J connectivity index is 2.58. The lowest BCUT2D eigenvalue weighted by molar-refractivity contribution is 0.682. The van der Waals surface area contributed by atoms with E-state index in [2.05, 4.69) is 33.9 Å². The standard InChI is InChI=1S/C11H13BrN2OS2/c1-2-3-4-17(15)8-16-11-9(6-13)5-10(12)7-14-11/h5,7H,2-4,8H2,1H3. The van der Waals surface area contributed by atoms with Gasteiger partial charge in [0.1, 0.15) is 11.1 Å². The van der Waals surface area contributed by atoms with Gasteiger partial charge < -0.3 is 0 Å². The summed E-state index contributed by atoms with van der Waals surface area (Å²) in [6.45, 7) is 2.08. The molecule has 0 bridgehead atoms. The number of rotatable bonds is 6. The molecule has 0 saturated carbocycles. The van der Waals surface area contributed by atoms with Gasteiger partial charge in [-0.15, -0.1) is 0 Å². The van der Waals surface area contributed by atoms with Gasteiger partial charge in [-0.2, -0.15) is 5.26 Å². The third-order valence-corrected chi connectivity index (χ3v) is 5.29. The molecule has 0 saturated heterocycles. The third kappa shape index (κ3) is 5.19. The minimum absolute atomic E-state index is 0.503. The maximum absolute atomic E-state index is 11.6. The Morgan fingerprint density at radius 2 is 2.41 bits per heavy atom. The van der Waals surface area contributed by atoms with Crippen molar-refractivity contribution in [2.45, 2.75) is 24.8 Å². The summed E-state index contributed by atoms with van der Waals surface area (Å²) in [5.74, 6) is 0.724. The highest BCUT2D eigenvalue weighted by Crippen LogP contribution is 2.23. The average Bonchev–Trinajstić information content (AvgIpc) is 2.34. The Kier molecular flexibility index (Phi) is 6.78. The highest BCUT2D eigenvalue weighted by Gasteiger charge is 2.07. The number of aromatic nitrogens is 1. The van der Waals surface area contributed by atoms with Gasteiger partial charge in [-0.05, 0) is 28.4 Å². The molecule has 1 heterocycles. The van der Waals surface area contributed by atoms with E-state index in [1.807, 2.05) is 0 Å². The van der Waals surface area contributed by atoms with Crippen molar-refractivity contribution in [2.24, 2.45) is 0 Å². The van der Waals surface area contributed by atoms with E-state index in [4.69, 9.17) is 5.26 Å². The van der Waals surface area contributed by atoms with Crippen LogP contribution in [0, 0.1) is 11.3 Å². The summed E-state index contributed by atoms with van der Waals surface area (Å²) >= 11 is 4.65. The average molecular weight is 333 g/mol. The lowest BCUT2D eigenvalue weighted by Gasteiger charge is -2.03. The van der Waals surface area contributed by atoms with Crippen LogP contribution in [0.3, 0.4) is 0 Å². The lowest BCUT2D eigenvalue weighted by Crippen LogP contribution is -2.00. The number of pyridine rings is 1. The summed E-state index contributed by atoms with van der Waals surface area (Å²) in [6.07, 6.45) is 3.68. The van der Waals surface area contributed by atoms with Crippen LogP contribution in [0.4, 0.5) is 0 Å². The summed E-state index contributed by atoms with van der Waals surface area (Å²) in [6, 6.07) is 3.82. The zero-order valence-electron chi connectivity index (χ0n) is 9.48. The normalized spacial score (nSPS) is 12.1. The second-order valence-corrected chi connectivity index (χ2v) is 7.20. The minimum Gasteiger partial charge on any atom is -0.259 e. The summed E-state index contributed by atoms with van der Waals surface area (Å²) in [5, 5.41) is 10.1. The van der Waals surface area contributed by atoms with Gasteiger partial charge in [0.15, 0.2) is 0 Å². The van der Waals surface area contributed by atoms with Gasteiger partial charge in [-0.1, -0.05) is 25.1 Å². The van der Waals surface area contributed by atoms with Crippen LogP contribution in [0.15, 0.2) is 21.8 Å². The van der Waals surface area contributed by atoms with Crippen LogP contribution in [0.25, 0.3) is 0 Å². The molecule has 1 unspecified atom stereocenters. The molecule has 6 heteroatoms. The number of thioether (sulfide) groups is 1. The third-order valence-electron chi connectivity index (χ3n) is 1.99. The van der Waals surface area contributed by atoms with Crippen molar-refractivity contribution in [2.75, 3.05) is 10.8 Å². The fraction of sp³-hybridized carbons (Fsp3) is 0.455. The first kappa shape index (κ1) is 14.7. The smallest absolute Gasteiger partial charge is 0.115 e. The van der Waals surface area contributed by atoms with E-state index < -0.39 is 10.8 Å². The SMILES string of the molecule is CCCCS(=O)CSc1ncc(Br)cc1C#N. The second kappa shape index (κ2) is 7.85. The van der Waals surface area contributed by atoms with Crippen molar-refractivity contribution < 1.29 is 4.21 Å². The van der Waals surface area contributed by atoms with Crippen molar-refractivity contribution in [3.8, 4) is 6.07 Å². The summed E-state index contributed by atoms with van der Waals surface area (Å²) in [4.78, 5) is 4.16. The Hall–Kier alpha value is -0.380. The minimum atomic E-state index is -0.834. The molecule has 17 heavy (non-hydrogen) atoms. The van der Waals surface area contributed by atoms with Gasteiger partial charge in [0.05, 0.1) is 10.6 Å². The molecule has 1 rings (SSSR count). The van der Waals surface area contributed by atoms with E-state index in [1.165, 1.54) is 11.8 Å². The van der Waals surface area contributed by atoms with Crippen LogP contribution < -0.4 is 0 Å². The van der Waals surface area contributed by atoms with Gasteiger partial charge in [-0.25, -0.2) is 4.98 Å². The fourth-order valence-corrected chi connectivity index (χ4v) is 3.88. The van der Waals surface area contributed by atoms with E-state index in [9.17, 15) is 4.21 Å². The molecule has 0 fully saturated rings. The lowest BCUT2D eigenvalue weighted by atomic mass is 10.3. The maximum atomic E-state index is 11.6. The first-order valence-electron chi connectivity index (χ1n) is 5.20. The van der Waals surface area contributed by atoms with Crippen LogP contribution in [0.1, 0.15) is 25.3 Å². The van der Waals surface area contributed by atoms with E-state index in [0.717, 1.165) is 23.1 Å². The Morgan fingerprint density at radius 3 is 3.06 bits per heavy atom. The number of nitriles is 1. The highest BCUT2D eigenvalue weighted by molar-refractivity contribution is 9.10. The van der Waals surface area contributed by atoms with E-state index in [1.54, 1.807) is 12.3 Å². The summed E-state index contributed by atoms with van der Waals surface area (Å²) < 4.78 is 12.4. The first-order valence-corrected chi connectivity index (χ1v) is 8.47.